The summed E-state index contributed by atoms with van der Waals surface area (Å²) in [7, 11) is -2.86. The summed E-state index contributed by atoms with van der Waals surface area (Å²) in [5, 5.41) is 2.73. The number of hydrogen-bond acceptors (Lipinski definition) is 5. The lowest BCUT2D eigenvalue weighted by Gasteiger charge is -2.13. The maximum Gasteiger partial charge on any atom is 0.339 e. The monoisotopic (exact) mass is 506 g/mol. The van der Waals surface area contributed by atoms with E-state index in [0.29, 0.717) is 5.69 Å². The van der Waals surface area contributed by atoms with Crippen LogP contribution in [0.4, 0.5) is 11.4 Å². The van der Waals surface area contributed by atoms with Gasteiger partial charge >= 0.3 is 5.97 Å². The van der Waals surface area contributed by atoms with E-state index in [-0.39, 0.29) is 31.8 Å². The summed E-state index contributed by atoms with van der Waals surface area (Å²) in [6.07, 6.45) is 0. The van der Waals surface area contributed by atoms with Gasteiger partial charge in [-0.2, -0.15) is 0 Å². The van der Waals surface area contributed by atoms with Crippen LogP contribution in [-0.2, 0) is 14.8 Å². The molecule has 172 valence electrons. The maximum atomic E-state index is 12.9. The Morgan fingerprint density at radius 1 is 0.848 bits per heavy atom. The molecule has 0 saturated heterocycles. The third-order valence-electron chi connectivity index (χ3n) is 4.87. The fraction of sp³-hybridized carbons (Fsp3) is 0.130. The smallest absolute Gasteiger partial charge is 0.339 e. The summed E-state index contributed by atoms with van der Waals surface area (Å²) in [6, 6.07) is 13.3. The molecule has 3 aromatic rings. The molecule has 2 N–H and O–H groups in total. The number of amides is 1. The van der Waals surface area contributed by atoms with Gasteiger partial charge in [0, 0.05) is 16.9 Å². The zero-order chi connectivity index (χ0) is 24.3. The van der Waals surface area contributed by atoms with Gasteiger partial charge in [-0.25, -0.2) is 13.2 Å². The number of methoxy groups -OCH3 is 1. The van der Waals surface area contributed by atoms with Crippen LogP contribution in [0.5, 0.6) is 0 Å². The van der Waals surface area contributed by atoms with Crippen molar-refractivity contribution in [3.63, 3.8) is 0 Å². The minimum atomic E-state index is -4.07. The van der Waals surface area contributed by atoms with Crippen molar-refractivity contribution in [2.75, 3.05) is 17.1 Å². The van der Waals surface area contributed by atoms with Crippen molar-refractivity contribution in [3.05, 3.63) is 86.9 Å². The first-order valence-corrected chi connectivity index (χ1v) is 11.8. The van der Waals surface area contributed by atoms with Gasteiger partial charge in [0.05, 0.1) is 22.7 Å². The van der Waals surface area contributed by atoms with E-state index in [1.165, 1.54) is 43.5 Å². The van der Waals surface area contributed by atoms with Gasteiger partial charge in [-0.3, -0.25) is 9.52 Å². The Balaban J connectivity index is 1.88. The molecule has 0 aliphatic heterocycles. The van der Waals surface area contributed by atoms with Crippen molar-refractivity contribution in [2.24, 2.45) is 0 Å². The van der Waals surface area contributed by atoms with E-state index in [1.54, 1.807) is 18.2 Å². The van der Waals surface area contributed by atoms with Gasteiger partial charge in [-0.1, -0.05) is 29.3 Å². The zero-order valence-electron chi connectivity index (χ0n) is 17.9. The summed E-state index contributed by atoms with van der Waals surface area (Å²) in [5.74, 6) is -1.26. The van der Waals surface area contributed by atoms with Crippen LogP contribution < -0.4 is 10.0 Å². The van der Waals surface area contributed by atoms with Crippen LogP contribution in [0.15, 0.2) is 59.5 Å². The van der Waals surface area contributed by atoms with E-state index in [2.05, 4.69) is 14.8 Å². The minimum absolute atomic E-state index is 0.0395. The van der Waals surface area contributed by atoms with Gasteiger partial charge in [0.2, 0.25) is 0 Å². The molecular formula is C23H20Cl2N2O5S. The Bertz CT molecular complexity index is 1360. The number of carbonyl (C=O) groups is 2. The lowest BCUT2D eigenvalue weighted by Crippen LogP contribution is -2.17. The summed E-state index contributed by atoms with van der Waals surface area (Å²) in [4.78, 5) is 24.3. The molecule has 0 fully saturated rings. The SMILES string of the molecule is COC(=O)c1cc(NC(=O)c2ccc(Cl)c(S(=O)(=O)Nc3ccc(C)c(C)c3)c2)ccc1Cl. The molecule has 33 heavy (non-hydrogen) atoms. The first-order valence-electron chi connectivity index (χ1n) is 9.60. The summed E-state index contributed by atoms with van der Waals surface area (Å²) < 4.78 is 33.0. The van der Waals surface area contributed by atoms with Gasteiger partial charge in [-0.05, 0) is 73.5 Å². The highest BCUT2D eigenvalue weighted by molar-refractivity contribution is 7.92. The molecule has 1 amide bonds. The maximum absolute atomic E-state index is 12.9. The Labute approximate surface area is 201 Å². The molecule has 0 spiro atoms. The molecular weight excluding hydrogens is 487 g/mol. The number of halogens is 2. The van der Waals surface area contributed by atoms with E-state index in [0.717, 1.165) is 11.1 Å². The molecule has 0 heterocycles. The third-order valence-corrected chi connectivity index (χ3v) is 7.06. The summed E-state index contributed by atoms with van der Waals surface area (Å²) in [5.41, 5.74) is 2.72. The number of benzene rings is 3. The standard InChI is InChI=1S/C23H20Cl2N2O5S/c1-13-4-6-17(10-14(13)2)27-33(30,31)21-11-15(5-8-20(21)25)22(28)26-16-7-9-19(24)18(12-16)23(29)32-3/h4-12,27H,1-3H3,(H,26,28). The van der Waals surface area contributed by atoms with E-state index < -0.39 is 21.9 Å². The molecule has 0 aromatic heterocycles. The molecule has 3 rings (SSSR count). The van der Waals surface area contributed by atoms with E-state index in [9.17, 15) is 18.0 Å². The molecule has 0 bridgehead atoms. The molecule has 3 aromatic carbocycles. The van der Waals surface area contributed by atoms with Crippen LogP contribution in [0, 0.1) is 13.8 Å². The van der Waals surface area contributed by atoms with Crippen LogP contribution in [0.25, 0.3) is 0 Å². The molecule has 7 nitrogen and oxygen atoms in total. The van der Waals surface area contributed by atoms with Gasteiger partial charge < -0.3 is 10.1 Å². The predicted octanol–water partition coefficient (Wildman–Crippen LogP) is 5.45. The number of sulfonamides is 1. The quantitative estimate of drug-likeness (QED) is 0.432. The summed E-state index contributed by atoms with van der Waals surface area (Å²) >= 11 is 12.1. The first-order chi connectivity index (χ1) is 15.5. The van der Waals surface area contributed by atoms with Crippen LogP contribution >= 0.6 is 23.2 Å². The predicted molar refractivity (Wildman–Crippen MR) is 129 cm³/mol. The van der Waals surface area contributed by atoms with Crippen LogP contribution in [0.3, 0.4) is 0 Å². The number of esters is 1. The van der Waals surface area contributed by atoms with E-state index in [1.807, 2.05) is 13.8 Å². The van der Waals surface area contributed by atoms with Gasteiger partial charge in [0.1, 0.15) is 4.90 Å². The fourth-order valence-corrected chi connectivity index (χ4v) is 4.71. The van der Waals surface area contributed by atoms with Gasteiger partial charge in [0.25, 0.3) is 15.9 Å². The number of rotatable bonds is 6. The van der Waals surface area contributed by atoms with Crippen molar-refractivity contribution < 1.29 is 22.7 Å². The highest BCUT2D eigenvalue weighted by Crippen LogP contribution is 2.27. The van der Waals surface area contributed by atoms with Gasteiger partial charge in [-0.15, -0.1) is 0 Å². The minimum Gasteiger partial charge on any atom is -0.465 e. The van der Waals surface area contributed by atoms with Gasteiger partial charge in [0.15, 0.2) is 0 Å². The zero-order valence-corrected chi connectivity index (χ0v) is 20.2. The Morgan fingerprint density at radius 3 is 2.18 bits per heavy atom. The lowest BCUT2D eigenvalue weighted by atomic mass is 10.1. The highest BCUT2D eigenvalue weighted by Gasteiger charge is 2.21. The average molecular weight is 507 g/mol. The number of anilines is 2. The topological polar surface area (TPSA) is 102 Å². The number of aryl methyl sites for hydroxylation is 2. The summed E-state index contributed by atoms with van der Waals surface area (Å²) in [6.45, 7) is 3.79. The second-order valence-corrected chi connectivity index (χ2v) is 9.66. The third kappa shape index (κ3) is 5.65. The molecule has 0 aliphatic rings. The van der Waals surface area contributed by atoms with E-state index >= 15 is 0 Å². The lowest BCUT2D eigenvalue weighted by molar-refractivity contribution is 0.0600. The number of hydrogen-bond donors (Lipinski definition) is 2. The number of carbonyl (C=O) groups excluding carboxylic acids is 2. The van der Waals surface area contributed by atoms with Crippen LogP contribution in [0.2, 0.25) is 10.0 Å². The van der Waals surface area contributed by atoms with Crippen LogP contribution in [0.1, 0.15) is 31.8 Å². The van der Waals surface area contributed by atoms with Crippen molar-refractivity contribution in [1.82, 2.24) is 0 Å². The van der Waals surface area contributed by atoms with E-state index in [4.69, 9.17) is 23.2 Å². The van der Waals surface area contributed by atoms with Crippen LogP contribution in [-0.4, -0.2) is 27.4 Å². The normalized spacial score (nSPS) is 11.1. The highest BCUT2D eigenvalue weighted by atomic mass is 35.5. The molecule has 0 unspecified atom stereocenters. The number of nitrogens with one attached hydrogen (secondary N) is 2. The average Bonchev–Trinajstić information content (AvgIpc) is 2.77. The van der Waals surface area contributed by atoms with Crippen molar-refractivity contribution in [3.8, 4) is 0 Å². The Morgan fingerprint density at radius 2 is 1.52 bits per heavy atom. The molecule has 0 atom stereocenters. The molecule has 10 heteroatoms. The van der Waals surface area contributed by atoms with Crippen molar-refractivity contribution in [1.29, 1.82) is 0 Å². The second-order valence-electron chi connectivity index (χ2n) is 7.19. The molecule has 0 saturated carbocycles. The molecule has 0 aliphatic carbocycles. The first kappa shape index (κ1) is 24.6. The largest absolute Gasteiger partial charge is 0.465 e. The molecule has 0 radical (unpaired) electrons. The second kappa shape index (κ2) is 9.82. The van der Waals surface area contributed by atoms with Crippen molar-refractivity contribution >= 4 is 56.5 Å². The van der Waals surface area contributed by atoms with Crippen molar-refractivity contribution in [2.45, 2.75) is 18.7 Å². The Hall–Kier alpha value is -3.07. The fourth-order valence-electron chi connectivity index (χ4n) is 2.94. The Kier molecular flexibility index (Phi) is 7.31. The number of ether oxygens (including phenoxy) is 1.